The number of carbonyl (C=O) groups excluding carboxylic acids is 2. The molecule has 0 spiro atoms. The first-order chi connectivity index (χ1) is 20.2. The molecule has 2 aromatic carbocycles. The number of alkyl halides is 3. The van der Waals surface area contributed by atoms with Gasteiger partial charge in [0, 0.05) is 36.1 Å². The molecule has 2 aliphatic rings. The van der Waals surface area contributed by atoms with Crippen LogP contribution in [0.1, 0.15) is 55.5 Å². The molecular formula is C31H40F3N3O4S2. The van der Waals surface area contributed by atoms with Crippen molar-refractivity contribution in [3.05, 3.63) is 59.7 Å². The van der Waals surface area contributed by atoms with Gasteiger partial charge < -0.3 is 15.1 Å². The van der Waals surface area contributed by atoms with Crippen molar-refractivity contribution in [2.75, 3.05) is 32.1 Å². The molecule has 7 nitrogen and oxygen atoms in total. The lowest BCUT2D eigenvalue weighted by Crippen LogP contribution is -2.52. The summed E-state index contributed by atoms with van der Waals surface area (Å²) in [6.45, 7) is 5.37. The first-order valence-electron chi connectivity index (χ1n) is 14.6. The van der Waals surface area contributed by atoms with Crippen molar-refractivity contribution < 1.29 is 31.2 Å². The minimum Gasteiger partial charge on any atom is -0.338 e. The molecular weight excluding hydrogens is 599 g/mol. The molecule has 43 heavy (non-hydrogen) atoms. The van der Waals surface area contributed by atoms with E-state index >= 15 is 0 Å². The van der Waals surface area contributed by atoms with Gasteiger partial charge in [0.2, 0.25) is 5.91 Å². The molecule has 2 fully saturated rings. The zero-order valence-electron chi connectivity index (χ0n) is 24.9. The molecule has 12 heteroatoms. The monoisotopic (exact) mass is 639 g/mol. The zero-order chi connectivity index (χ0) is 31.5. The maximum absolute atomic E-state index is 13.7. The third kappa shape index (κ3) is 7.94. The third-order valence-corrected chi connectivity index (χ3v) is 11.0. The van der Waals surface area contributed by atoms with E-state index in [1.54, 1.807) is 29.2 Å². The predicted molar refractivity (Wildman–Crippen MR) is 162 cm³/mol. The molecule has 1 N–H and O–H groups in total. The largest absolute Gasteiger partial charge is 0.416 e. The summed E-state index contributed by atoms with van der Waals surface area (Å²) in [5.74, 6) is -0.964. The molecule has 1 heterocycles. The SMILES string of the molecule is CSc1ccc(S(=O)(=O)CC2CC(NCC(C)C)CCC2N2CC[C@H](N(C)C(=O)c3cccc(C(F)(F)F)c3)C2=O)cc1. The molecule has 0 aromatic heterocycles. The second kappa shape index (κ2) is 13.6. The maximum Gasteiger partial charge on any atom is 0.416 e. The van der Waals surface area contributed by atoms with E-state index in [1.807, 2.05) is 6.26 Å². The number of thioether (sulfide) groups is 1. The number of nitrogens with zero attached hydrogens (tertiary/aromatic N) is 2. The number of carbonyl (C=O) groups is 2. The van der Waals surface area contributed by atoms with Crippen LogP contribution in [0.4, 0.5) is 13.2 Å². The Morgan fingerprint density at radius 3 is 2.44 bits per heavy atom. The predicted octanol–water partition coefficient (Wildman–Crippen LogP) is 5.36. The Labute approximate surface area is 256 Å². The van der Waals surface area contributed by atoms with E-state index in [9.17, 15) is 31.2 Å². The van der Waals surface area contributed by atoms with Crippen LogP contribution in [0.3, 0.4) is 0 Å². The van der Waals surface area contributed by atoms with Gasteiger partial charge in [0.1, 0.15) is 6.04 Å². The average Bonchev–Trinajstić information content (AvgIpc) is 3.35. The normalized spacial score (nSPS) is 23.2. The molecule has 0 bridgehead atoms. The molecule has 4 rings (SSSR count). The van der Waals surface area contributed by atoms with Gasteiger partial charge in [0.05, 0.1) is 16.2 Å². The highest BCUT2D eigenvalue weighted by Gasteiger charge is 2.45. The van der Waals surface area contributed by atoms with Gasteiger partial charge in [-0.3, -0.25) is 9.59 Å². The Morgan fingerprint density at radius 2 is 1.81 bits per heavy atom. The van der Waals surface area contributed by atoms with Crippen molar-refractivity contribution in [3.63, 3.8) is 0 Å². The van der Waals surface area contributed by atoms with Crippen LogP contribution in [-0.4, -0.2) is 80.3 Å². The van der Waals surface area contributed by atoms with Crippen molar-refractivity contribution >= 4 is 33.4 Å². The minimum absolute atomic E-state index is 0.108. The second-order valence-corrected chi connectivity index (χ2v) is 14.8. The molecule has 236 valence electrons. The lowest BCUT2D eigenvalue weighted by molar-refractivity contribution is -0.137. The van der Waals surface area contributed by atoms with Crippen LogP contribution in [0, 0.1) is 11.8 Å². The highest BCUT2D eigenvalue weighted by atomic mass is 32.2. The van der Waals surface area contributed by atoms with Gasteiger partial charge >= 0.3 is 6.18 Å². The van der Waals surface area contributed by atoms with Crippen molar-refractivity contribution in [2.24, 2.45) is 11.8 Å². The average molecular weight is 640 g/mol. The first-order valence-corrected chi connectivity index (χ1v) is 17.4. The summed E-state index contributed by atoms with van der Waals surface area (Å²) in [7, 11) is -2.21. The van der Waals surface area contributed by atoms with Crippen molar-refractivity contribution in [2.45, 2.75) is 73.6 Å². The van der Waals surface area contributed by atoms with Gasteiger partial charge in [0.15, 0.2) is 9.84 Å². The van der Waals surface area contributed by atoms with Crippen LogP contribution in [0.2, 0.25) is 0 Å². The number of amides is 2. The number of nitrogens with one attached hydrogen (secondary N) is 1. The maximum atomic E-state index is 13.7. The molecule has 1 saturated carbocycles. The first kappa shape index (κ1) is 33.3. The summed E-state index contributed by atoms with van der Waals surface area (Å²) in [6.07, 6.45) is -0.363. The Bertz CT molecular complexity index is 1400. The topological polar surface area (TPSA) is 86.8 Å². The number of benzene rings is 2. The lowest BCUT2D eigenvalue weighted by atomic mass is 9.81. The minimum atomic E-state index is -4.59. The molecule has 2 aromatic rings. The van der Waals surface area contributed by atoms with Gasteiger partial charge in [-0.25, -0.2) is 8.42 Å². The van der Waals surface area contributed by atoms with Gasteiger partial charge in [-0.1, -0.05) is 19.9 Å². The molecule has 3 unspecified atom stereocenters. The number of likely N-dealkylation sites (N-methyl/N-ethyl adjacent to an activating group) is 1. The van der Waals surface area contributed by atoms with Crippen molar-refractivity contribution in [3.8, 4) is 0 Å². The molecule has 2 amide bonds. The van der Waals surface area contributed by atoms with Gasteiger partial charge in [0.25, 0.3) is 5.91 Å². The van der Waals surface area contributed by atoms with Crippen LogP contribution in [0.25, 0.3) is 0 Å². The summed E-state index contributed by atoms with van der Waals surface area (Å²) in [4.78, 5) is 31.0. The van der Waals surface area contributed by atoms with E-state index in [-0.39, 0.29) is 40.1 Å². The molecule has 1 aliphatic carbocycles. The summed E-state index contributed by atoms with van der Waals surface area (Å²) in [5.41, 5.74) is -1.07. The van der Waals surface area contributed by atoms with Crippen LogP contribution in [0.5, 0.6) is 0 Å². The van der Waals surface area contributed by atoms with E-state index < -0.39 is 33.5 Å². The van der Waals surface area contributed by atoms with E-state index in [2.05, 4.69) is 19.2 Å². The van der Waals surface area contributed by atoms with Gasteiger partial charge in [-0.15, -0.1) is 11.8 Å². The molecule has 0 radical (unpaired) electrons. The van der Waals surface area contributed by atoms with E-state index in [4.69, 9.17) is 0 Å². The number of hydrogen-bond acceptors (Lipinski definition) is 6. The molecule has 1 aliphatic heterocycles. The van der Waals surface area contributed by atoms with Crippen molar-refractivity contribution in [1.82, 2.24) is 15.1 Å². The fourth-order valence-corrected chi connectivity index (χ4v) is 8.21. The number of halogens is 3. The fraction of sp³-hybridized carbons (Fsp3) is 0.548. The highest BCUT2D eigenvalue weighted by molar-refractivity contribution is 7.98. The summed E-state index contributed by atoms with van der Waals surface area (Å²) in [5, 5.41) is 3.56. The van der Waals surface area contributed by atoms with Gasteiger partial charge in [-0.05, 0) is 92.8 Å². The Kier molecular flexibility index (Phi) is 10.5. The number of sulfone groups is 1. The third-order valence-electron chi connectivity index (χ3n) is 8.45. The number of hydrogen-bond donors (Lipinski definition) is 1. The van der Waals surface area contributed by atoms with Crippen LogP contribution in [0.15, 0.2) is 58.3 Å². The lowest BCUT2D eigenvalue weighted by Gasteiger charge is -2.41. The van der Waals surface area contributed by atoms with Crippen LogP contribution >= 0.6 is 11.8 Å². The second-order valence-electron chi connectivity index (χ2n) is 11.9. The quantitative estimate of drug-likeness (QED) is 0.353. The Morgan fingerprint density at radius 1 is 1.12 bits per heavy atom. The summed E-state index contributed by atoms with van der Waals surface area (Å²) in [6, 6.07) is 9.96. The fourth-order valence-electron chi connectivity index (χ4n) is 6.14. The highest BCUT2D eigenvalue weighted by Crippen LogP contribution is 2.35. The zero-order valence-corrected chi connectivity index (χ0v) is 26.6. The number of likely N-dealkylation sites (tertiary alicyclic amines) is 1. The summed E-state index contributed by atoms with van der Waals surface area (Å²) < 4.78 is 66.8. The van der Waals surface area contributed by atoms with E-state index in [1.165, 1.54) is 35.8 Å². The Hall–Kier alpha value is -2.57. The molecule has 1 saturated heterocycles. The van der Waals surface area contributed by atoms with Gasteiger partial charge in [-0.2, -0.15) is 13.2 Å². The van der Waals surface area contributed by atoms with E-state index in [0.717, 1.165) is 30.0 Å². The smallest absolute Gasteiger partial charge is 0.338 e. The van der Waals surface area contributed by atoms with Crippen LogP contribution in [-0.2, 0) is 20.8 Å². The van der Waals surface area contributed by atoms with E-state index in [0.29, 0.717) is 31.7 Å². The van der Waals surface area contributed by atoms with Crippen LogP contribution < -0.4 is 5.32 Å². The summed E-state index contributed by atoms with van der Waals surface area (Å²) >= 11 is 1.53. The molecule has 4 atom stereocenters. The Balaban J connectivity index is 1.53. The van der Waals surface area contributed by atoms with Crippen molar-refractivity contribution in [1.29, 1.82) is 0 Å². The number of rotatable bonds is 10. The standard InChI is InChI=1S/C31H40F3N3O4S2/c1-20(2)18-35-24-8-13-27(22(17-24)19-43(40,41)26-11-9-25(42-4)10-12-26)37-15-14-28(30(37)39)36(3)29(38)21-6-5-7-23(16-21)31(32,33)34/h5-7,9-12,16,20,22,24,27-28,35H,8,13-15,17-19H2,1-4H3/t22?,24?,27?,28-/m0/s1.